The SMILES string of the molecule is Cc1ccc(S(=O)(=O)N2CCCCC2)cc1C(=O)N1CC[C@H]2CCCC[C@H]2C1. The van der Waals surface area contributed by atoms with Gasteiger partial charge in [-0.2, -0.15) is 4.31 Å². The Kier molecular flexibility index (Phi) is 5.79. The second-order valence-electron chi connectivity index (χ2n) is 8.79. The molecular formula is C22H32N2O3S. The molecule has 0 unspecified atom stereocenters. The standard InChI is InChI=1S/C22H32N2O3S/c1-17-9-10-20(28(26,27)24-12-5-2-6-13-24)15-21(17)22(25)23-14-11-18-7-3-4-8-19(18)16-23/h9-10,15,18-19H,2-8,11-14,16H2,1H3/t18-,19+/m1/s1. The number of carbonyl (C=O) groups is 1. The quantitative estimate of drug-likeness (QED) is 0.769. The molecule has 0 bridgehead atoms. The first-order chi connectivity index (χ1) is 13.5. The monoisotopic (exact) mass is 404 g/mol. The Morgan fingerprint density at radius 1 is 0.929 bits per heavy atom. The number of benzene rings is 1. The minimum atomic E-state index is -3.52. The molecule has 28 heavy (non-hydrogen) atoms. The van der Waals surface area contributed by atoms with Crippen molar-refractivity contribution in [3.63, 3.8) is 0 Å². The lowest BCUT2D eigenvalue weighted by atomic mass is 9.75. The zero-order valence-electron chi connectivity index (χ0n) is 16.9. The second-order valence-corrected chi connectivity index (χ2v) is 10.7. The predicted molar refractivity (Wildman–Crippen MR) is 110 cm³/mol. The summed E-state index contributed by atoms with van der Waals surface area (Å²) in [5, 5.41) is 0. The average molecular weight is 405 g/mol. The van der Waals surface area contributed by atoms with Gasteiger partial charge in [0.2, 0.25) is 10.0 Å². The van der Waals surface area contributed by atoms with Crippen LogP contribution in [-0.4, -0.2) is 49.7 Å². The van der Waals surface area contributed by atoms with Crippen LogP contribution in [-0.2, 0) is 10.0 Å². The summed E-state index contributed by atoms with van der Waals surface area (Å²) in [5.41, 5.74) is 1.40. The first-order valence-electron chi connectivity index (χ1n) is 10.9. The number of sulfonamides is 1. The Morgan fingerprint density at radius 3 is 2.39 bits per heavy atom. The third kappa shape index (κ3) is 3.86. The van der Waals surface area contributed by atoms with Crippen molar-refractivity contribution in [1.29, 1.82) is 0 Å². The fraction of sp³-hybridized carbons (Fsp3) is 0.682. The van der Waals surface area contributed by atoms with E-state index in [9.17, 15) is 13.2 Å². The number of fused-ring (bicyclic) bond motifs is 1. The molecule has 2 atom stereocenters. The molecule has 2 saturated heterocycles. The van der Waals surface area contributed by atoms with Gasteiger partial charge in [0.1, 0.15) is 0 Å². The lowest BCUT2D eigenvalue weighted by Gasteiger charge is -2.41. The highest BCUT2D eigenvalue weighted by molar-refractivity contribution is 7.89. The highest BCUT2D eigenvalue weighted by atomic mass is 32.2. The second kappa shape index (κ2) is 8.15. The van der Waals surface area contributed by atoms with Gasteiger partial charge in [0.25, 0.3) is 5.91 Å². The molecule has 1 saturated carbocycles. The molecule has 4 rings (SSSR count). The summed E-state index contributed by atoms with van der Waals surface area (Å²) in [6, 6.07) is 5.06. The Labute approximate surface area is 169 Å². The number of carbonyl (C=O) groups excluding carboxylic acids is 1. The molecule has 154 valence electrons. The van der Waals surface area contributed by atoms with E-state index in [1.54, 1.807) is 22.5 Å². The van der Waals surface area contributed by atoms with Gasteiger partial charge in [0.05, 0.1) is 4.90 Å². The lowest BCUT2D eigenvalue weighted by molar-refractivity contribution is 0.0520. The third-order valence-electron chi connectivity index (χ3n) is 6.97. The van der Waals surface area contributed by atoms with Gasteiger partial charge < -0.3 is 4.90 Å². The fourth-order valence-corrected chi connectivity index (χ4v) is 6.75. The molecule has 0 aromatic heterocycles. The van der Waals surface area contributed by atoms with Crippen molar-refractivity contribution in [2.24, 2.45) is 11.8 Å². The predicted octanol–water partition coefficient (Wildman–Crippen LogP) is 3.82. The molecule has 1 aromatic carbocycles. The van der Waals surface area contributed by atoms with E-state index in [1.165, 1.54) is 25.7 Å². The van der Waals surface area contributed by atoms with Crippen LogP contribution in [0.5, 0.6) is 0 Å². The topological polar surface area (TPSA) is 57.7 Å². The number of likely N-dealkylation sites (tertiary alicyclic amines) is 1. The van der Waals surface area contributed by atoms with Crippen LogP contribution in [0.3, 0.4) is 0 Å². The maximum atomic E-state index is 13.3. The van der Waals surface area contributed by atoms with Crippen molar-refractivity contribution in [1.82, 2.24) is 9.21 Å². The molecule has 2 heterocycles. The Morgan fingerprint density at radius 2 is 1.64 bits per heavy atom. The van der Waals surface area contributed by atoms with Crippen LogP contribution in [0.1, 0.15) is 67.3 Å². The molecule has 0 radical (unpaired) electrons. The summed E-state index contributed by atoms with van der Waals surface area (Å²) in [6.45, 7) is 4.68. The van der Waals surface area contributed by atoms with Gasteiger partial charge in [0, 0.05) is 31.7 Å². The minimum absolute atomic E-state index is 0.00258. The van der Waals surface area contributed by atoms with Crippen molar-refractivity contribution in [2.75, 3.05) is 26.2 Å². The van der Waals surface area contributed by atoms with E-state index >= 15 is 0 Å². The highest BCUT2D eigenvalue weighted by Crippen LogP contribution is 2.36. The van der Waals surface area contributed by atoms with E-state index in [2.05, 4.69) is 0 Å². The Hall–Kier alpha value is -1.40. The van der Waals surface area contributed by atoms with Crippen LogP contribution in [0.2, 0.25) is 0 Å². The van der Waals surface area contributed by atoms with Gasteiger partial charge in [-0.15, -0.1) is 0 Å². The Balaban J connectivity index is 1.56. The molecule has 2 aliphatic heterocycles. The van der Waals surface area contributed by atoms with Crippen molar-refractivity contribution < 1.29 is 13.2 Å². The molecule has 0 spiro atoms. The van der Waals surface area contributed by atoms with Crippen LogP contribution in [0, 0.1) is 18.8 Å². The van der Waals surface area contributed by atoms with Gasteiger partial charge in [-0.25, -0.2) is 8.42 Å². The van der Waals surface area contributed by atoms with Gasteiger partial charge >= 0.3 is 0 Å². The molecule has 0 N–H and O–H groups in total. The van der Waals surface area contributed by atoms with Crippen LogP contribution in [0.15, 0.2) is 23.1 Å². The van der Waals surface area contributed by atoms with Crippen LogP contribution in [0.4, 0.5) is 0 Å². The molecule has 6 heteroatoms. The largest absolute Gasteiger partial charge is 0.338 e. The summed E-state index contributed by atoms with van der Waals surface area (Å²) < 4.78 is 27.6. The number of rotatable bonds is 3. The van der Waals surface area contributed by atoms with E-state index in [0.717, 1.165) is 50.3 Å². The van der Waals surface area contributed by atoms with Crippen molar-refractivity contribution in [3.05, 3.63) is 29.3 Å². The number of hydrogen-bond acceptors (Lipinski definition) is 3. The summed E-state index contributed by atoms with van der Waals surface area (Å²) in [7, 11) is -3.52. The van der Waals surface area contributed by atoms with E-state index < -0.39 is 10.0 Å². The zero-order chi connectivity index (χ0) is 19.7. The number of piperidine rings is 2. The zero-order valence-corrected chi connectivity index (χ0v) is 17.7. The normalized spacial score (nSPS) is 26.7. The summed E-state index contributed by atoms with van der Waals surface area (Å²) in [6.07, 6.45) is 9.10. The van der Waals surface area contributed by atoms with Crippen LogP contribution in [0.25, 0.3) is 0 Å². The van der Waals surface area contributed by atoms with E-state index in [-0.39, 0.29) is 10.8 Å². The summed E-state index contributed by atoms with van der Waals surface area (Å²) in [4.78, 5) is 15.5. The van der Waals surface area contributed by atoms with Gasteiger partial charge in [-0.1, -0.05) is 31.7 Å². The van der Waals surface area contributed by atoms with Crippen molar-refractivity contribution in [3.8, 4) is 0 Å². The number of aryl methyl sites for hydroxylation is 1. The maximum absolute atomic E-state index is 13.3. The highest BCUT2D eigenvalue weighted by Gasteiger charge is 2.34. The van der Waals surface area contributed by atoms with E-state index in [0.29, 0.717) is 24.6 Å². The van der Waals surface area contributed by atoms with Crippen LogP contribution >= 0.6 is 0 Å². The van der Waals surface area contributed by atoms with Crippen LogP contribution < -0.4 is 0 Å². The third-order valence-corrected chi connectivity index (χ3v) is 8.87. The van der Waals surface area contributed by atoms with Gasteiger partial charge in [0.15, 0.2) is 0 Å². The van der Waals surface area contributed by atoms with Gasteiger partial charge in [-0.3, -0.25) is 4.79 Å². The van der Waals surface area contributed by atoms with Gasteiger partial charge in [-0.05, 0) is 62.1 Å². The van der Waals surface area contributed by atoms with Crippen molar-refractivity contribution in [2.45, 2.75) is 63.2 Å². The molecule has 3 fully saturated rings. The maximum Gasteiger partial charge on any atom is 0.254 e. The first kappa shape index (κ1) is 19.9. The molecule has 5 nitrogen and oxygen atoms in total. The number of hydrogen-bond donors (Lipinski definition) is 0. The lowest BCUT2D eigenvalue weighted by Crippen LogP contribution is -2.45. The summed E-state index contributed by atoms with van der Waals surface area (Å²) in [5.74, 6) is 1.38. The van der Waals surface area contributed by atoms with E-state index in [4.69, 9.17) is 0 Å². The molecule has 1 aromatic rings. The molecule has 3 aliphatic rings. The fourth-order valence-electron chi connectivity index (χ4n) is 5.20. The van der Waals surface area contributed by atoms with Crippen molar-refractivity contribution >= 4 is 15.9 Å². The summed E-state index contributed by atoms with van der Waals surface area (Å²) >= 11 is 0. The first-order valence-corrected chi connectivity index (χ1v) is 12.3. The average Bonchev–Trinajstić information content (AvgIpc) is 2.73. The molecule has 1 aliphatic carbocycles. The number of nitrogens with zero attached hydrogens (tertiary/aromatic N) is 2. The Bertz CT molecular complexity index is 830. The molecule has 1 amide bonds. The molecular weight excluding hydrogens is 372 g/mol. The smallest absolute Gasteiger partial charge is 0.254 e. The van der Waals surface area contributed by atoms with E-state index in [1.807, 2.05) is 11.8 Å². The number of amides is 1. The minimum Gasteiger partial charge on any atom is -0.338 e.